The minimum absolute atomic E-state index is 0.830. The van der Waals surface area contributed by atoms with Gasteiger partial charge in [-0.05, 0) is 38.1 Å². The first-order chi connectivity index (χ1) is 10.2. The molecule has 0 saturated heterocycles. The molecule has 0 aliphatic carbocycles. The summed E-state index contributed by atoms with van der Waals surface area (Å²) in [6.07, 6.45) is 0. The molecule has 0 fully saturated rings. The van der Waals surface area contributed by atoms with E-state index in [1.54, 1.807) is 0 Å². The van der Waals surface area contributed by atoms with Gasteiger partial charge in [0.15, 0.2) is 0 Å². The van der Waals surface area contributed by atoms with Crippen molar-refractivity contribution < 1.29 is 0 Å². The molecule has 1 heterocycles. The van der Waals surface area contributed by atoms with Crippen molar-refractivity contribution in [3.05, 3.63) is 54.9 Å². The van der Waals surface area contributed by atoms with Crippen LogP contribution in [0, 0.1) is 0 Å². The number of nitrogens with one attached hydrogen (secondary N) is 2. The van der Waals surface area contributed by atoms with Crippen molar-refractivity contribution >= 4 is 27.5 Å². The van der Waals surface area contributed by atoms with Gasteiger partial charge in [-0.2, -0.15) is 0 Å². The SMILES string of the molecule is C=C(NCC)Nc1ccc2c(c1)c1ccccc1n2CC. The Morgan fingerprint density at radius 3 is 2.57 bits per heavy atom. The molecule has 2 aromatic carbocycles. The number of nitrogens with zero attached hydrogens (tertiary/aromatic N) is 1. The number of fused-ring (bicyclic) bond motifs is 3. The Balaban J connectivity index is 2.13. The van der Waals surface area contributed by atoms with E-state index < -0.39 is 0 Å². The van der Waals surface area contributed by atoms with E-state index >= 15 is 0 Å². The molecule has 108 valence electrons. The Morgan fingerprint density at radius 2 is 1.81 bits per heavy atom. The van der Waals surface area contributed by atoms with Gasteiger partial charge in [-0.1, -0.05) is 24.8 Å². The van der Waals surface area contributed by atoms with Crippen LogP contribution in [-0.4, -0.2) is 11.1 Å². The Hall–Kier alpha value is -2.42. The van der Waals surface area contributed by atoms with Gasteiger partial charge in [0, 0.05) is 40.6 Å². The molecule has 0 amide bonds. The summed E-state index contributed by atoms with van der Waals surface area (Å²) < 4.78 is 2.35. The summed E-state index contributed by atoms with van der Waals surface area (Å²) in [7, 11) is 0. The number of anilines is 1. The topological polar surface area (TPSA) is 29.0 Å². The third-order valence-corrected chi connectivity index (χ3v) is 3.77. The molecule has 3 nitrogen and oxygen atoms in total. The van der Waals surface area contributed by atoms with Gasteiger partial charge in [0.1, 0.15) is 0 Å². The zero-order valence-electron chi connectivity index (χ0n) is 12.6. The fraction of sp³-hybridized carbons (Fsp3) is 0.222. The Morgan fingerprint density at radius 1 is 1.05 bits per heavy atom. The van der Waals surface area contributed by atoms with Crippen LogP contribution in [0.2, 0.25) is 0 Å². The van der Waals surface area contributed by atoms with E-state index in [4.69, 9.17) is 0 Å². The smallest absolute Gasteiger partial charge is 0.0957 e. The number of para-hydroxylation sites is 1. The average molecular weight is 279 g/mol. The zero-order valence-corrected chi connectivity index (χ0v) is 12.6. The van der Waals surface area contributed by atoms with Crippen molar-refractivity contribution in [2.45, 2.75) is 20.4 Å². The molecule has 0 bridgehead atoms. The van der Waals surface area contributed by atoms with Crippen molar-refractivity contribution in [3.8, 4) is 0 Å². The second-order valence-corrected chi connectivity index (χ2v) is 5.13. The quantitative estimate of drug-likeness (QED) is 0.729. The summed E-state index contributed by atoms with van der Waals surface area (Å²) >= 11 is 0. The lowest BCUT2D eigenvalue weighted by Crippen LogP contribution is -2.17. The summed E-state index contributed by atoms with van der Waals surface area (Å²) in [6.45, 7) is 10.1. The maximum absolute atomic E-state index is 3.98. The van der Waals surface area contributed by atoms with E-state index in [1.807, 2.05) is 0 Å². The molecule has 2 N–H and O–H groups in total. The molecule has 3 heteroatoms. The van der Waals surface area contributed by atoms with E-state index in [0.29, 0.717) is 0 Å². The second-order valence-electron chi connectivity index (χ2n) is 5.13. The van der Waals surface area contributed by atoms with Crippen LogP contribution in [0.25, 0.3) is 21.8 Å². The molecule has 21 heavy (non-hydrogen) atoms. The highest BCUT2D eigenvalue weighted by molar-refractivity contribution is 6.09. The minimum Gasteiger partial charge on any atom is -0.372 e. The molecule has 3 aromatic rings. The highest BCUT2D eigenvalue weighted by Gasteiger charge is 2.09. The Labute approximate surface area is 125 Å². The van der Waals surface area contributed by atoms with Crippen LogP contribution < -0.4 is 10.6 Å². The number of benzene rings is 2. The van der Waals surface area contributed by atoms with Crippen LogP contribution in [-0.2, 0) is 6.54 Å². The summed E-state index contributed by atoms with van der Waals surface area (Å²) in [6, 6.07) is 15.1. The molecule has 0 unspecified atom stereocenters. The molecule has 3 rings (SSSR count). The first kappa shape index (κ1) is 13.6. The van der Waals surface area contributed by atoms with Crippen LogP contribution in [0.5, 0.6) is 0 Å². The zero-order chi connectivity index (χ0) is 14.8. The maximum atomic E-state index is 3.98. The molecule has 0 aliphatic rings. The molecule has 1 aromatic heterocycles. The molecular weight excluding hydrogens is 258 g/mol. The van der Waals surface area contributed by atoms with Gasteiger partial charge in [-0.3, -0.25) is 0 Å². The lowest BCUT2D eigenvalue weighted by atomic mass is 10.1. The molecular formula is C18H21N3. The highest BCUT2D eigenvalue weighted by Crippen LogP contribution is 2.31. The van der Waals surface area contributed by atoms with Crippen LogP contribution in [0.4, 0.5) is 5.69 Å². The van der Waals surface area contributed by atoms with Crippen molar-refractivity contribution in [1.82, 2.24) is 9.88 Å². The number of hydrogen-bond acceptors (Lipinski definition) is 2. The van der Waals surface area contributed by atoms with Gasteiger partial charge in [0.2, 0.25) is 0 Å². The van der Waals surface area contributed by atoms with Crippen LogP contribution in [0.3, 0.4) is 0 Å². The van der Waals surface area contributed by atoms with E-state index in [-0.39, 0.29) is 0 Å². The first-order valence-electron chi connectivity index (χ1n) is 7.45. The fourth-order valence-electron chi connectivity index (χ4n) is 2.90. The van der Waals surface area contributed by atoms with Gasteiger partial charge in [0.25, 0.3) is 0 Å². The Bertz CT molecular complexity index is 799. The predicted octanol–water partition coefficient (Wildman–Crippen LogP) is 4.31. The van der Waals surface area contributed by atoms with Crippen LogP contribution in [0.15, 0.2) is 54.9 Å². The van der Waals surface area contributed by atoms with E-state index in [2.05, 4.69) is 78.1 Å². The lowest BCUT2D eigenvalue weighted by molar-refractivity contribution is 0.827. The number of aromatic nitrogens is 1. The fourth-order valence-corrected chi connectivity index (χ4v) is 2.90. The summed E-state index contributed by atoms with van der Waals surface area (Å²) in [5.74, 6) is 0.830. The molecule has 0 aliphatic heterocycles. The normalized spacial score (nSPS) is 11.0. The van der Waals surface area contributed by atoms with Crippen molar-refractivity contribution in [2.75, 3.05) is 11.9 Å². The number of aryl methyl sites for hydroxylation is 1. The van der Waals surface area contributed by atoms with Crippen LogP contribution in [0.1, 0.15) is 13.8 Å². The van der Waals surface area contributed by atoms with Gasteiger partial charge >= 0.3 is 0 Å². The lowest BCUT2D eigenvalue weighted by Gasteiger charge is -2.11. The Kier molecular flexibility index (Phi) is 3.57. The molecule has 0 atom stereocenters. The highest BCUT2D eigenvalue weighted by atomic mass is 15.1. The molecule has 0 radical (unpaired) electrons. The third kappa shape index (κ3) is 2.35. The largest absolute Gasteiger partial charge is 0.372 e. The summed E-state index contributed by atoms with van der Waals surface area (Å²) in [5, 5.41) is 9.07. The molecule has 0 spiro atoms. The van der Waals surface area contributed by atoms with Crippen LogP contribution >= 0.6 is 0 Å². The first-order valence-corrected chi connectivity index (χ1v) is 7.45. The van der Waals surface area contributed by atoms with Gasteiger partial charge in [0.05, 0.1) is 5.82 Å². The van der Waals surface area contributed by atoms with E-state index in [9.17, 15) is 0 Å². The van der Waals surface area contributed by atoms with Crippen molar-refractivity contribution in [1.29, 1.82) is 0 Å². The monoisotopic (exact) mass is 279 g/mol. The maximum Gasteiger partial charge on any atom is 0.0957 e. The van der Waals surface area contributed by atoms with Gasteiger partial charge in [-0.25, -0.2) is 0 Å². The van der Waals surface area contributed by atoms with Crippen molar-refractivity contribution in [2.24, 2.45) is 0 Å². The summed E-state index contributed by atoms with van der Waals surface area (Å²) in [4.78, 5) is 0. The second kappa shape index (κ2) is 5.52. The van der Waals surface area contributed by atoms with Crippen molar-refractivity contribution in [3.63, 3.8) is 0 Å². The van der Waals surface area contributed by atoms with E-state index in [0.717, 1.165) is 24.6 Å². The third-order valence-electron chi connectivity index (χ3n) is 3.77. The van der Waals surface area contributed by atoms with E-state index in [1.165, 1.54) is 21.8 Å². The number of rotatable bonds is 5. The van der Waals surface area contributed by atoms with Gasteiger partial charge in [-0.15, -0.1) is 0 Å². The number of hydrogen-bond donors (Lipinski definition) is 2. The predicted molar refractivity (Wildman–Crippen MR) is 91.6 cm³/mol. The average Bonchev–Trinajstić information content (AvgIpc) is 2.81. The standard InChI is InChI=1S/C18H21N3/c1-4-19-13(3)20-14-10-11-18-16(12-14)15-8-6-7-9-17(15)21(18)5-2/h6-12,19-20H,3-5H2,1-2H3. The minimum atomic E-state index is 0.830. The molecule has 0 saturated carbocycles. The summed E-state index contributed by atoms with van der Waals surface area (Å²) in [5.41, 5.74) is 3.63. The van der Waals surface area contributed by atoms with Gasteiger partial charge < -0.3 is 15.2 Å².